The number of hydrogen-bond acceptors (Lipinski definition) is 4. The molecule has 0 aromatic carbocycles. The van der Waals surface area contributed by atoms with E-state index in [1.54, 1.807) is 7.11 Å². The molecule has 0 unspecified atom stereocenters. The van der Waals surface area contributed by atoms with Gasteiger partial charge in [-0.2, -0.15) is 0 Å². The molecule has 0 amide bonds. The SMILES string of the molecule is COCCOCCOCCCC(=N)N. The van der Waals surface area contributed by atoms with Crippen molar-refractivity contribution in [2.24, 2.45) is 5.73 Å². The summed E-state index contributed by atoms with van der Waals surface area (Å²) in [5.74, 6) is 0.213. The van der Waals surface area contributed by atoms with Gasteiger partial charge in [0.1, 0.15) is 0 Å². The number of ether oxygens (including phenoxy) is 3. The highest BCUT2D eigenvalue weighted by molar-refractivity contribution is 5.76. The molecule has 84 valence electrons. The van der Waals surface area contributed by atoms with Crippen molar-refractivity contribution in [3.8, 4) is 0 Å². The third-order valence-electron chi connectivity index (χ3n) is 1.54. The first-order valence-electron chi connectivity index (χ1n) is 4.74. The quantitative estimate of drug-likeness (QED) is 0.306. The molecule has 14 heavy (non-hydrogen) atoms. The smallest absolute Gasteiger partial charge is 0.0906 e. The topological polar surface area (TPSA) is 77.6 Å². The Balaban J connectivity index is 2.88. The van der Waals surface area contributed by atoms with Gasteiger partial charge < -0.3 is 19.9 Å². The lowest BCUT2D eigenvalue weighted by molar-refractivity contribution is 0.0246. The van der Waals surface area contributed by atoms with E-state index in [2.05, 4.69) is 0 Å². The number of nitrogens with two attached hydrogens (primary N) is 1. The van der Waals surface area contributed by atoms with E-state index in [4.69, 9.17) is 25.4 Å². The highest BCUT2D eigenvalue weighted by Crippen LogP contribution is 1.89. The van der Waals surface area contributed by atoms with Crippen molar-refractivity contribution in [1.29, 1.82) is 5.41 Å². The molecule has 0 radical (unpaired) electrons. The maximum absolute atomic E-state index is 6.97. The maximum atomic E-state index is 6.97. The molecule has 0 saturated heterocycles. The summed E-state index contributed by atoms with van der Waals surface area (Å²) in [6.07, 6.45) is 1.40. The molecule has 3 N–H and O–H groups in total. The molecule has 0 fully saturated rings. The predicted molar refractivity (Wildman–Crippen MR) is 54.7 cm³/mol. The van der Waals surface area contributed by atoms with Gasteiger partial charge in [-0.3, -0.25) is 5.41 Å². The Hall–Kier alpha value is -0.650. The van der Waals surface area contributed by atoms with Crippen molar-refractivity contribution < 1.29 is 14.2 Å². The van der Waals surface area contributed by atoms with E-state index in [-0.39, 0.29) is 5.84 Å². The third kappa shape index (κ3) is 11.4. The van der Waals surface area contributed by atoms with E-state index < -0.39 is 0 Å². The van der Waals surface area contributed by atoms with Crippen LogP contribution in [0.3, 0.4) is 0 Å². The van der Waals surface area contributed by atoms with E-state index in [9.17, 15) is 0 Å². The largest absolute Gasteiger partial charge is 0.388 e. The Bertz CT molecular complexity index is 142. The summed E-state index contributed by atoms with van der Waals surface area (Å²) >= 11 is 0. The number of methoxy groups -OCH3 is 1. The van der Waals surface area contributed by atoms with E-state index in [1.165, 1.54) is 0 Å². The Morgan fingerprint density at radius 2 is 1.64 bits per heavy atom. The van der Waals surface area contributed by atoms with Crippen molar-refractivity contribution >= 4 is 5.84 Å². The molecule has 0 aliphatic carbocycles. The van der Waals surface area contributed by atoms with Crippen molar-refractivity contribution in [1.82, 2.24) is 0 Å². The summed E-state index contributed by atoms with van der Waals surface area (Å²) < 4.78 is 15.2. The zero-order valence-electron chi connectivity index (χ0n) is 8.75. The van der Waals surface area contributed by atoms with Crippen LogP contribution in [0.5, 0.6) is 0 Å². The molecular weight excluding hydrogens is 184 g/mol. The molecular formula is C9H20N2O3. The summed E-state index contributed by atoms with van der Waals surface area (Å²) in [6, 6.07) is 0. The van der Waals surface area contributed by atoms with E-state index in [0.29, 0.717) is 39.5 Å². The van der Waals surface area contributed by atoms with Crippen LogP contribution >= 0.6 is 0 Å². The summed E-state index contributed by atoms with van der Waals surface area (Å²) in [5.41, 5.74) is 5.18. The molecule has 0 heterocycles. The van der Waals surface area contributed by atoms with Crippen LogP contribution in [-0.4, -0.2) is 46.0 Å². The molecule has 5 heteroatoms. The summed E-state index contributed by atoms with van der Waals surface area (Å²) in [5, 5.41) is 6.97. The first-order chi connectivity index (χ1) is 6.77. The summed E-state index contributed by atoms with van der Waals surface area (Å²) in [7, 11) is 1.64. The highest BCUT2D eigenvalue weighted by atomic mass is 16.5. The van der Waals surface area contributed by atoms with Crippen LogP contribution in [0.1, 0.15) is 12.8 Å². The molecule has 0 spiro atoms. The Kier molecular flexibility index (Phi) is 9.95. The minimum atomic E-state index is 0.213. The van der Waals surface area contributed by atoms with Crippen molar-refractivity contribution in [3.05, 3.63) is 0 Å². The zero-order valence-corrected chi connectivity index (χ0v) is 8.75. The first kappa shape index (κ1) is 13.4. The maximum Gasteiger partial charge on any atom is 0.0906 e. The van der Waals surface area contributed by atoms with Crippen molar-refractivity contribution in [2.45, 2.75) is 12.8 Å². The van der Waals surface area contributed by atoms with E-state index >= 15 is 0 Å². The van der Waals surface area contributed by atoms with Gasteiger partial charge in [0.15, 0.2) is 0 Å². The predicted octanol–water partition coefficient (Wildman–Crippen LogP) is 0.382. The standard InChI is InChI=1S/C9H20N2O3/c1-12-5-6-14-8-7-13-4-2-3-9(10)11/h2-8H2,1H3,(H3,10,11). The van der Waals surface area contributed by atoms with Crippen LogP contribution in [0.2, 0.25) is 0 Å². The van der Waals surface area contributed by atoms with Crippen molar-refractivity contribution in [3.63, 3.8) is 0 Å². The minimum absolute atomic E-state index is 0.213. The van der Waals surface area contributed by atoms with E-state index in [0.717, 1.165) is 6.42 Å². The fourth-order valence-corrected chi connectivity index (χ4v) is 0.829. The van der Waals surface area contributed by atoms with Crippen LogP contribution in [0.15, 0.2) is 0 Å². The van der Waals surface area contributed by atoms with Gasteiger partial charge in [0, 0.05) is 20.1 Å². The lowest BCUT2D eigenvalue weighted by Crippen LogP contribution is -2.12. The second-order valence-electron chi connectivity index (χ2n) is 2.85. The van der Waals surface area contributed by atoms with Gasteiger partial charge in [0.25, 0.3) is 0 Å². The molecule has 0 aromatic heterocycles. The first-order valence-corrected chi connectivity index (χ1v) is 4.74. The summed E-state index contributed by atoms with van der Waals surface area (Å²) in [6.45, 7) is 3.02. The van der Waals surface area contributed by atoms with Gasteiger partial charge in [0.05, 0.1) is 32.3 Å². The molecule has 0 aromatic rings. The molecule has 0 rings (SSSR count). The summed E-state index contributed by atoms with van der Waals surface area (Å²) in [4.78, 5) is 0. The monoisotopic (exact) mass is 204 g/mol. The van der Waals surface area contributed by atoms with Crippen LogP contribution in [-0.2, 0) is 14.2 Å². The number of amidine groups is 1. The normalized spacial score (nSPS) is 10.4. The van der Waals surface area contributed by atoms with Crippen LogP contribution in [0.4, 0.5) is 0 Å². The Morgan fingerprint density at radius 3 is 2.21 bits per heavy atom. The lowest BCUT2D eigenvalue weighted by atomic mass is 10.3. The second kappa shape index (κ2) is 10.4. The molecule has 0 saturated carbocycles. The number of nitrogens with one attached hydrogen (secondary N) is 1. The van der Waals surface area contributed by atoms with Crippen LogP contribution in [0.25, 0.3) is 0 Å². The average molecular weight is 204 g/mol. The molecule has 0 atom stereocenters. The number of rotatable bonds is 10. The zero-order chi connectivity index (χ0) is 10.6. The Labute approximate surface area is 85.0 Å². The van der Waals surface area contributed by atoms with Crippen LogP contribution in [0, 0.1) is 5.41 Å². The molecule has 5 nitrogen and oxygen atoms in total. The highest BCUT2D eigenvalue weighted by Gasteiger charge is 1.92. The second-order valence-corrected chi connectivity index (χ2v) is 2.85. The molecule has 0 aliphatic heterocycles. The Morgan fingerprint density at radius 1 is 1.07 bits per heavy atom. The average Bonchev–Trinajstić information content (AvgIpc) is 2.15. The van der Waals surface area contributed by atoms with Crippen molar-refractivity contribution in [2.75, 3.05) is 40.1 Å². The minimum Gasteiger partial charge on any atom is -0.388 e. The third-order valence-corrected chi connectivity index (χ3v) is 1.54. The van der Waals surface area contributed by atoms with Gasteiger partial charge in [0.2, 0.25) is 0 Å². The fraction of sp³-hybridized carbons (Fsp3) is 0.889. The number of hydrogen-bond donors (Lipinski definition) is 2. The van der Waals surface area contributed by atoms with Gasteiger partial charge in [-0.1, -0.05) is 0 Å². The fourth-order valence-electron chi connectivity index (χ4n) is 0.829. The lowest BCUT2D eigenvalue weighted by Gasteiger charge is -2.04. The van der Waals surface area contributed by atoms with Crippen LogP contribution < -0.4 is 5.73 Å². The van der Waals surface area contributed by atoms with Gasteiger partial charge in [-0.05, 0) is 6.42 Å². The van der Waals surface area contributed by atoms with Gasteiger partial charge in [-0.25, -0.2) is 0 Å². The van der Waals surface area contributed by atoms with Gasteiger partial charge in [-0.15, -0.1) is 0 Å². The molecule has 0 bridgehead atoms. The molecule has 0 aliphatic rings. The van der Waals surface area contributed by atoms with Gasteiger partial charge >= 0.3 is 0 Å². The van der Waals surface area contributed by atoms with E-state index in [1.807, 2.05) is 0 Å².